The minimum Gasteiger partial charge on any atom is -0.493 e. The summed E-state index contributed by atoms with van der Waals surface area (Å²) in [6.07, 6.45) is 1.08. The number of nitrogens with one attached hydrogen (secondary N) is 1. The fourth-order valence-electron chi connectivity index (χ4n) is 4.66. The molecule has 2 aromatic carbocycles. The first kappa shape index (κ1) is 25.8. The van der Waals surface area contributed by atoms with Crippen LogP contribution >= 0.6 is 0 Å². The fourth-order valence-corrected chi connectivity index (χ4v) is 4.66. The number of benzene rings is 2. The van der Waals surface area contributed by atoms with Crippen LogP contribution in [-0.4, -0.2) is 61.5 Å². The largest absolute Gasteiger partial charge is 0.493 e. The average Bonchev–Trinajstić information content (AvgIpc) is 3.65. The lowest BCUT2D eigenvalue weighted by Gasteiger charge is -2.33. The molecule has 1 aliphatic carbocycles. The Morgan fingerprint density at radius 2 is 1.92 bits per heavy atom. The SMILES string of the molecule is COc1ccc(C2CN(C(=O)CNC(=O)OCc3ccccc3)CC2(C)C(C)O)cc1OCC1CC1. The standard InChI is InChI=1S/C28H36N2O6/c1-19(31)28(2)18-30(26(32)14-29-27(33)36-17-20-7-5-4-6-8-20)15-23(28)22-11-12-24(34-3)25(13-22)35-16-21-9-10-21/h4-8,11-13,19,21,23,31H,9-10,14-18H2,1-3H3,(H,29,33). The van der Waals surface area contributed by atoms with Gasteiger partial charge in [0.2, 0.25) is 5.91 Å². The van der Waals surface area contributed by atoms with Gasteiger partial charge in [-0.15, -0.1) is 0 Å². The number of hydrogen-bond acceptors (Lipinski definition) is 6. The minimum atomic E-state index is -0.651. The van der Waals surface area contributed by atoms with Crippen LogP contribution in [0.3, 0.4) is 0 Å². The van der Waals surface area contributed by atoms with Crippen molar-refractivity contribution in [1.29, 1.82) is 0 Å². The van der Waals surface area contributed by atoms with Crippen LogP contribution in [0.2, 0.25) is 0 Å². The predicted molar refractivity (Wildman–Crippen MR) is 135 cm³/mol. The molecule has 0 bridgehead atoms. The van der Waals surface area contributed by atoms with Crippen LogP contribution in [0.15, 0.2) is 48.5 Å². The Balaban J connectivity index is 1.39. The maximum absolute atomic E-state index is 13.0. The van der Waals surface area contributed by atoms with Crippen molar-refractivity contribution in [2.24, 2.45) is 11.3 Å². The van der Waals surface area contributed by atoms with Gasteiger partial charge in [0.05, 0.1) is 19.8 Å². The van der Waals surface area contributed by atoms with Crippen molar-refractivity contribution in [3.63, 3.8) is 0 Å². The van der Waals surface area contributed by atoms with E-state index in [9.17, 15) is 14.7 Å². The van der Waals surface area contributed by atoms with E-state index in [1.807, 2.05) is 55.5 Å². The van der Waals surface area contributed by atoms with E-state index < -0.39 is 17.6 Å². The van der Waals surface area contributed by atoms with Gasteiger partial charge in [0.15, 0.2) is 11.5 Å². The highest BCUT2D eigenvalue weighted by Gasteiger charge is 2.48. The zero-order chi connectivity index (χ0) is 25.7. The molecule has 3 atom stereocenters. The number of carbonyl (C=O) groups is 2. The van der Waals surface area contributed by atoms with Crippen molar-refractivity contribution in [2.75, 3.05) is 33.4 Å². The van der Waals surface area contributed by atoms with E-state index in [1.165, 1.54) is 12.8 Å². The number of carbonyl (C=O) groups excluding carboxylic acids is 2. The molecule has 8 nitrogen and oxygen atoms in total. The van der Waals surface area contributed by atoms with Gasteiger partial charge in [-0.2, -0.15) is 0 Å². The Bertz CT molecular complexity index is 1060. The van der Waals surface area contributed by atoms with Crippen molar-refractivity contribution >= 4 is 12.0 Å². The molecule has 3 unspecified atom stereocenters. The molecule has 1 aliphatic heterocycles. The summed E-state index contributed by atoms with van der Waals surface area (Å²) in [6.45, 7) is 5.17. The smallest absolute Gasteiger partial charge is 0.407 e. The summed E-state index contributed by atoms with van der Waals surface area (Å²) in [5, 5.41) is 13.3. The number of hydrogen-bond donors (Lipinski definition) is 2. The molecule has 194 valence electrons. The Morgan fingerprint density at radius 1 is 1.17 bits per heavy atom. The molecule has 2 N–H and O–H groups in total. The van der Waals surface area contributed by atoms with Gasteiger partial charge < -0.3 is 29.5 Å². The number of amides is 2. The van der Waals surface area contributed by atoms with Crippen LogP contribution in [0.5, 0.6) is 11.5 Å². The van der Waals surface area contributed by atoms with Gasteiger partial charge in [0, 0.05) is 24.4 Å². The lowest BCUT2D eigenvalue weighted by atomic mass is 9.72. The van der Waals surface area contributed by atoms with E-state index in [2.05, 4.69) is 5.32 Å². The third-order valence-corrected chi connectivity index (χ3v) is 7.40. The molecule has 36 heavy (non-hydrogen) atoms. The Morgan fingerprint density at radius 3 is 2.58 bits per heavy atom. The zero-order valence-electron chi connectivity index (χ0n) is 21.2. The van der Waals surface area contributed by atoms with Gasteiger partial charge >= 0.3 is 6.09 Å². The van der Waals surface area contributed by atoms with Crippen molar-refractivity contribution in [3.8, 4) is 11.5 Å². The van der Waals surface area contributed by atoms with E-state index in [0.717, 1.165) is 11.1 Å². The van der Waals surface area contributed by atoms with Crippen LogP contribution in [0.1, 0.15) is 43.7 Å². The van der Waals surface area contributed by atoms with Gasteiger partial charge in [-0.05, 0) is 48.9 Å². The molecule has 4 rings (SSSR count). The van der Waals surface area contributed by atoms with Crippen LogP contribution < -0.4 is 14.8 Å². The molecule has 1 heterocycles. The Hall–Kier alpha value is -3.26. The first-order valence-electron chi connectivity index (χ1n) is 12.5. The monoisotopic (exact) mass is 496 g/mol. The fraction of sp³-hybridized carbons (Fsp3) is 0.500. The highest BCUT2D eigenvalue weighted by molar-refractivity contribution is 5.82. The maximum Gasteiger partial charge on any atom is 0.407 e. The summed E-state index contributed by atoms with van der Waals surface area (Å²) in [6, 6.07) is 15.2. The minimum absolute atomic E-state index is 0.110. The molecular weight excluding hydrogens is 460 g/mol. The summed E-state index contributed by atoms with van der Waals surface area (Å²) in [7, 11) is 1.62. The van der Waals surface area contributed by atoms with E-state index in [1.54, 1.807) is 18.9 Å². The summed E-state index contributed by atoms with van der Waals surface area (Å²) in [5.41, 5.74) is 1.29. The summed E-state index contributed by atoms with van der Waals surface area (Å²) in [5.74, 6) is 1.62. The Kier molecular flexibility index (Phi) is 8.04. The van der Waals surface area contributed by atoms with Crippen LogP contribution in [0.4, 0.5) is 4.79 Å². The van der Waals surface area contributed by atoms with Gasteiger partial charge in [0.25, 0.3) is 0 Å². The molecule has 1 saturated carbocycles. The van der Waals surface area contributed by atoms with Crippen molar-refractivity contribution in [2.45, 2.75) is 45.3 Å². The molecule has 2 aromatic rings. The van der Waals surface area contributed by atoms with Crippen molar-refractivity contribution in [3.05, 3.63) is 59.7 Å². The van der Waals surface area contributed by atoms with Crippen molar-refractivity contribution in [1.82, 2.24) is 10.2 Å². The first-order chi connectivity index (χ1) is 17.3. The van der Waals surface area contributed by atoms with Gasteiger partial charge in [-0.3, -0.25) is 4.79 Å². The third kappa shape index (κ3) is 6.10. The van der Waals surface area contributed by atoms with E-state index in [0.29, 0.717) is 37.1 Å². The Labute approximate surface area is 212 Å². The first-order valence-corrected chi connectivity index (χ1v) is 12.5. The number of ether oxygens (including phenoxy) is 3. The van der Waals surface area contributed by atoms with E-state index >= 15 is 0 Å². The number of alkyl carbamates (subject to hydrolysis) is 1. The molecule has 2 aliphatic rings. The number of aliphatic hydroxyl groups is 1. The van der Waals surface area contributed by atoms with Crippen LogP contribution in [-0.2, 0) is 16.1 Å². The molecular formula is C28H36N2O6. The molecule has 0 aromatic heterocycles. The summed E-state index contributed by atoms with van der Waals surface area (Å²) >= 11 is 0. The lowest BCUT2D eigenvalue weighted by molar-refractivity contribution is -0.129. The third-order valence-electron chi connectivity index (χ3n) is 7.40. The maximum atomic E-state index is 13.0. The average molecular weight is 497 g/mol. The van der Waals surface area contributed by atoms with Crippen LogP contribution in [0, 0.1) is 11.3 Å². The molecule has 1 saturated heterocycles. The number of likely N-dealkylation sites (tertiary alicyclic amines) is 1. The van der Waals surface area contributed by atoms with Crippen LogP contribution in [0.25, 0.3) is 0 Å². The van der Waals surface area contributed by atoms with E-state index in [-0.39, 0.29) is 25.0 Å². The molecule has 2 amide bonds. The second-order valence-electron chi connectivity index (χ2n) is 10.1. The lowest BCUT2D eigenvalue weighted by Crippen LogP contribution is -2.41. The molecule has 0 radical (unpaired) electrons. The molecule has 0 spiro atoms. The highest BCUT2D eigenvalue weighted by Crippen LogP contribution is 2.47. The second kappa shape index (κ2) is 11.2. The number of rotatable bonds is 10. The van der Waals surface area contributed by atoms with E-state index in [4.69, 9.17) is 14.2 Å². The zero-order valence-corrected chi connectivity index (χ0v) is 21.2. The number of aliphatic hydroxyl groups excluding tert-OH is 1. The van der Waals surface area contributed by atoms with Crippen molar-refractivity contribution < 1.29 is 28.9 Å². The molecule has 2 fully saturated rings. The van der Waals surface area contributed by atoms with Gasteiger partial charge in [0.1, 0.15) is 13.2 Å². The quantitative estimate of drug-likeness (QED) is 0.520. The second-order valence-corrected chi connectivity index (χ2v) is 10.1. The topological polar surface area (TPSA) is 97.3 Å². The highest BCUT2D eigenvalue weighted by atomic mass is 16.5. The van der Waals surface area contributed by atoms with Gasteiger partial charge in [-0.1, -0.05) is 43.3 Å². The summed E-state index contributed by atoms with van der Waals surface area (Å²) < 4.78 is 16.7. The van der Waals surface area contributed by atoms with Gasteiger partial charge in [-0.25, -0.2) is 4.79 Å². The predicted octanol–water partition coefficient (Wildman–Crippen LogP) is 3.72. The molecule has 8 heteroatoms. The number of methoxy groups -OCH3 is 1. The normalized spacial score (nSPS) is 22.1. The summed E-state index contributed by atoms with van der Waals surface area (Å²) in [4.78, 5) is 26.8. The number of nitrogens with zero attached hydrogens (tertiary/aromatic N) is 1.